The van der Waals surface area contributed by atoms with Gasteiger partial charge in [0.05, 0.1) is 23.9 Å². The van der Waals surface area contributed by atoms with Crippen molar-refractivity contribution < 1.29 is 19.4 Å². The number of aromatic carboxylic acids is 1. The smallest absolute Gasteiger partial charge is 0.335 e. The summed E-state index contributed by atoms with van der Waals surface area (Å²) in [4.78, 5) is 17.6. The molecule has 8 heteroatoms. The van der Waals surface area contributed by atoms with E-state index in [0.717, 1.165) is 16.8 Å². The highest BCUT2D eigenvalue weighted by atomic mass is 32.1. The Morgan fingerprint density at radius 2 is 2.10 bits per heavy atom. The Morgan fingerprint density at radius 3 is 2.77 bits per heavy atom. The molecule has 4 rings (SSSR count). The van der Waals surface area contributed by atoms with Crippen LogP contribution in [0.5, 0.6) is 0 Å². The molecule has 3 aromatic rings. The molecular formula is C22H21N3O4S. The van der Waals surface area contributed by atoms with Gasteiger partial charge in [-0.3, -0.25) is 4.98 Å². The van der Waals surface area contributed by atoms with Crippen LogP contribution in [0.1, 0.15) is 39.5 Å². The lowest BCUT2D eigenvalue weighted by molar-refractivity contribution is 0.0696. The molecule has 1 aromatic carbocycles. The first-order valence-electron chi connectivity index (χ1n) is 9.52. The highest BCUT2D eigenvalue weighted by Crippen LogP contribution is 2.40. The van der Waals surface area contributed by atoms with Gasteiger partial charge >= 0.3 is 5.97 Å². The number of furan rings is 1. The van der Waals surface area contributed by atoms with Crippen LogP contribution in [0.2, 0.25) is 0 Å². The lowest BCUT2D eigenvalue weighted by Gasteiger charge is -2.25. The van der Waals surface area contributed by atoms with Crippen LogP contribution >= 0.6 is 12.2 Å². The maximum atomic E-state index is 11.2. The molecule has 3 N–H and O–H groups in total. The van der Waals surface area contributed by atoms with Crippen LogP contribution in [0.3, 0.4) is 0 Å². The van der Waals surface area contributed by atoms with Gasteiger partial charge in [-0.1, -0.05) is 12.1 Å². The van der Waals surface area contributed by atoms with Gasteiger partial charge in [0.1, 0.15) is 17.6 Å². The van der Waals surface area contributed by atoms with Crippen molar-refractivity contribution in [2.45, 2.75) is 19.0 Å². The Bertz CT molecular complexity index is 1080. The first kappa shape index (κ1) is 20.1. The normalized spacial score (nSPS) is 18.5. The molecule has 2 aromatic heterocycles. The lowest BCUT2D eigenvalue weighted by atomic mass is 10.0. The van der Waals surface area contributed by atoms with Crippen LogP contribution in [-0.4, -0.2) is 44.3 Å². The van der Waals surface area contributed by atoms with E-state index in [4.69, 9.17) is 16.6 Å². The van der Waals surface area contributed by atoms with Crippen LogP contribution in [-0.2, 0) is 0 Å². The van der Waals surface area contributed by atoms with E-state index in [1.54, 1.807) is 24.4 Å². The first-order valence-corrected chi connectivity index (χ1v) is 9.93. The van der Waals surface area contributed by atoms with Gasteiger partial charge in [0.2, 0.25) is 0 Å². The predicted molar refractivity (Wildman–Crippen MR) is 115 cm³/mol. The molecule has 154 valence electrons. The van der Waals surface area contributed by atoms with E-state index in [2.05, 4.69) is 10.3 Å². The minimum Gasteiger partial charge on any atom is -0.478 e. The van der Waals surface area contributed by atoms with Crippen LogP contribution in [0.4, 0.5) is 0 Å². The molecule has 0 spiro atoms. The zero-order valence-electron chi connectivity index (χ0n) is 16.3. The quantitative estimate of drug-likeness (QED) is 0.520. The number of β-amino-alcohol motifs (C(OH)–C–C–N with tert-alkyl or cyclic N) is 1. The summed E-state index contributed by atoms with van der Waals surface area (Å²) in [6.45, 7) is 2.17. The summed E-state index contributed by atoms with van der Waals surface area (Å²) >= 11 is 5.50. The van der Waals surface area contributed by atoms with Gasteiger partial charge in [-0.15, -0.1) is 0 Å². The third kappa shape index (κ3) is 3.67. The predicted octanol–water partition coefficient (Wildman–Crippen LogP) is 3.31. The second-order valence-corrected chi connectivity index (χ2v) is 7.47. The van der Waals surface area contributed by atoms with Crippen molar-refractivity contribution in [1.82, 2.24) is 15.2 Å². The molecule has 0 saturated carbocycles. The van der Waals surface area contributed by atoms with Crippen molar-refractivity contribution in [2.75, 3.05) is 13.2 Å². The number of aryl methyl sites for hydroxylation is 1. The summed E-state index contributed by atoms with van der Waals surface area (Å²) in [5.41, 5.74) is 2.69. The number of carbonyl (C=O) groups is 1. The maximum absolute atomic E-state index is 11.2. The monoisotopic (exact) mass is 423 g/mol. The van der Waals surface area contributed by atoms with Crippen molar-refractivity contribution in [3.8, 4) is 11.3 Å². The van der Waals surface area contributed by atoms with E-state index < -0.39 is 5.97 Å². The molecule has 30 heavy (non-hydrogen) atoms. The fourth-order valence-electron chi connectivity index (χ4n) is 3.79. The molecule has 1 fully saturated rings. The largest absolute Gasteiger partial charge is 0.478 e. The fraction of sp³-hybridized carbons (Fsp3) is 0.227. The second kappa shape index (κ2) is 8.25. The summed E-state index contributed by atoms with van der Waals surface area (Å²) in [6.07, 6.45) is 1.73. The second-order valence-electron chi connectivity index (χ2n) is 7.08. The molecule has 0 radical (unpaired) electrons. The zero-order valence-corrected chi connectivity index (χ0v) is 17.1. The molecule has 0 amide bonds. The Labute approximate surface area is 179 Å². The van der Waals surface area contributed by atoms with Crippen molar-refractivity contribution in [1.29, 1.82) is 0 Å². The zero-order chi connectivity index (χ0) is 21.3. The number of carboxylic acids is 1. The van der Waals surface area contributed by atoms with Gasteiger partial charge in [-0.05, 0) is 61.1 Å². The first-order chi connectivity index (χ1) is 14.5. The number of nitrogens with one attached hydrogen (secondary N) is 1. The average Bonchev–Trinajstić information content (AvgIpc) is 3.34. The molecule has 3 heterocycles. The molecule has 2 atom stereocenters. The molecule has 1 aliphatic heterocycles. The van der Waals surface area contributed by atoms with Crippen molar-refractivity contribution in [3.63, 3.8) is 0 Å². The number of hydrogen-bond acceptors (Lipinski definition) is 5. The van der Waals surface area contributed by atoms with Crippen LogP contribution in [0, 0.1) is 6.92 Å². The highest BCUT2D eigenvalue weighted by Gasteiger charge is 2.41. The summed E-state index contributed by atoms with van der Waals surface area (Å²) in [5, 5.41) is 22.5. The third-order valence-corrected chi connectivity index (χ3v) is 5.55. The van der Waals surface area contributed by atoms with Gasteiger partial charge < -0.3 is 24.8 Å². The molecule has 0 aliphatic carbocycles. The Hall–Kier alpha value is -3.23. The number of aromatic nitrogens is 1. The van der Waals surface area contributed by atoms with Gasteiger partial charge in [-0.2, -0.15) is 0 Å². The number of rotatable bonds is 6. The number of nitrogens with zero attached hydrogens (tertiary/aromatic N) is 2. The summed E-state index contributed by atoms with van der Waals surface area (Å²) < 4.78 is 6.21. The Balaban J connectivity index is 1.72. The summed E-state index contributed by atoms with van der Waals surface area (Å²) in [6, 6.07) is 13.9. The topological polar surface area (TPSA) is 98.8 Å². The minimum atomic E-state index is -0.965. The van der Waals surface area contributed by atoms with E-state index in [1.165, 1.54) is 0 Å². The highest BCUT2D eigenvalue weighted by molar-refractivity contribution is 7.80. The molecule has 1 aliphatic rings. The number of aliphatic hydroxyl groups is 1. The summed E-state index contributed by atoms with van der Waals surface area (Å²) in [5.74, 6) is 0.359. The Kier molecular flexibility index (Phi) is 5.52. The van der Waals surface area contributed by atoms with Gasteiger partial charge in [-0.25, -0.2) is 4.79 Å². The average molecular weight is 423 g/mol. The van der Waals surface area contributed by atoms with E-state index in [0.29, 0.717) is 23.2 Å². The number of hydrogen-bond donors (Lipinski definition) is 3. The molecular weight excluding hydrogens is 402 g/mol. The molecule has 1 saturated heterocycles. The lowest BCUT2D eigenvalue weighted by Crippen LogP contribution is -2.32. The number of pyridine rings is 1. The van der Waals surface area contributed by atoms with Crippen molar-refractivity contribution >= 4 is 23.3 Å². The van der Waals surface area contributed by atoms with E-state index >= 15 is 0 Å². The molecule has 0 bridgehead atoms. The van der Waals surface area contributed by atoms with Gasteiger partial charge in [0.25, 0.3) is 0 Å². The molecule has 0 unspecified atom stereocenters. The van der Waals surface area contributed by atoms with Gasteiger partial charge in [0.15, 0.2) is 5.11 Å². The summed E-state index contributed by atoms with van der Waals surface area (Å²) in [7, 11) is 0. The van der Waals surface area contributed by atoms with E-state index in [-0.39, 0.29) is 24.3 Å². The van der Waals surface area contributed by atoms with Crippen LogP contribution in [0.25, 0.3) is 11.3 Å². The number of thiocarbonyl (C=S) groups is 1. The fourth-order valence-corrected chi connectivity index (χ4v) is 4.12. The minimum absolute atomic E-state index is 0.0451. The Morgan fingerprint density at radius 1 is 1.27 bits per heavy atom. The van der Waals surface area contributed by atoms with E-state index in [1.807, 2.05) is 42.2 Å². The van der Waals surface area contributed by atoms with Crippen molar-refractivity contribution in [3.05, 3.63) is 77.3 Å². The number of carboxylic acid groups (broad SMARTS) is 1. The standard InChI is InChI=1S/C22H21N3O4S/c1-13-12-14(21(27)28)5-6-15(13)17-7-8-18(29-17)20-19(16-4-2-3-9-23-16)24-22(30)25(20)10-11-26/h2-9,12,19-20,26H,10-11H2,1H3,(H,24,30)(H,27,28)/t19-,20-/m0/s1. The molecule has 7 nitrogen and oxygen atoms in total. The van der Waals surface area contributed by atoms with Gasteiger partial charge in [0, 0.05) is 18.3 Å². The van der Waals surface area contributed by atoms with E-state index in [9.17, 15) is 15.0 Å². The maximum Gasteiger partial charge on any atom is 0.335 e. The van der Waals surface area contributed by atoms with Crippen LogP contribution < -0.4 is 5.32 Å². The number of benzene rings is 1. The van der Waals surface area contributed by atoms with Crippen molar-refractivity contribution in [2.24, 2.45) is 0 Å². The third-order valence-electron chi connectivity index (χ3n) is 5.20. The number of aliphatic hydroxyl groups excluding tert-OH is 1. The SMILES string of the molecule is Cc1cc(C(=O)O)ccc1-c1ccc([C@H]2[C@H](c3ccccn3)NC(=S)N2CCO)o1. The van der Waals surface area contributed by atoms with Crippen LogP contribution in [0.15, 0.2) is 59.1 Å².